The Balaban J connectivity index is 2.49. The Bertz CT molecular complexity index is 528. The second kappa shape index (κ2) is 6.14. The van der Waals surface area contributed by atoms with Crippen LogP contribution in [0.15, 0.2) is 72.3 Å². The van der Waals surface area contributed by atoms with Crippen LogP contribution < -0.4 is 0 Å². The highest BCUT2D eigenvalue weighted by Crippen LogP contribution is 2.31. The van der Waals surface area contributed by atoms with E-state index < -0.39 is 0 Å². The van der Waals surface area contributed by atoms with Crippen LogP contribution in [0.3, 0.4) is 0 Å². The minimum Gasteiger partial charge on any atom is -0.295 e. The van der Waals surface area contributed by atoms with Gasteiger partial charge >= 0.3 is 0 Å². The van der Waals surface area contributed by atoms with Crippen molar-refractivity contribution >= 4 is 5.78 Å². The Morgan fingerprint density at radius 2 is 1.26 bits per heavy atom. The first kappa shape index (κ1) is 13.3. The number of hydrogen-bond donors (Lipinski definition) is 0. The fourth-order valence-corrected chi connectivity index (χ4v) is 2.41. The Morgan fingerprint density at radius 3 is 1.63 bits per heavy atom. The van der Waals surface area contributed by atoms with E-state index in [9.17, 15) is 4.79 Å². The van der Waals surface area contributed by atoms with E-state index in [2.05, 4.69) is 24.3 Å². The summed E-state index contributed by atoms with van der Waals surface area (Å²) in [4.78, 5) is 11.3. The molecule has 0 heterocycles. The summed E-state index contributed by atoms with van der Waals surface area (Å²) in [5.74, 6) is 0.237. The zero-order valence-corrected chi connectivity index (χ0v) is 11.3. The van der Waals surface area contributed by atoms with E-state index in [0.29, 0.717) is 0 Å². The molecule has 0 atom stereocenters. The molecule has 1 heteroatoms. The van der Waals surface area contributed by atoms with Gasteiger partial charge in [-0.15, -0.1) is 0 Å². The van der Waals surface area contributed by atoms with Crippen molar-refractivity contribution in [2.45, 2.75) is 19.8 Å². The number of rotatable bonds is 4. The van der Waals surface area contributed by atoms with Gasteiger partial charge in [-0.25, -0.2) is 0 Å². The Hall–Kier alpha value is -2.15. The molecule has 0 fully saturated rings. The Morgan fingerprint density at radius 1 is 0.842 bits per heavy atom. The molecule has 19 heavy (non-hydrogen) atoms. The van der Waals surface area contributed by atoms with Crippen LogP contribution in [-0.2, 0) is 4.79 Å². The van der Waals surface area contributed by atoms with E-state index >= 15 is 0 Å². The highest BCUT2D eigenvalue weighted by Gasteiger charge is 2.15. The van der Waals surface area contributed by atoms with Gasteiger partial charge in [-0.1, -0.05) is 66.2 Å². The van der Waals surface area contributed by atoms with Crippen LogP contribution >= 0.6 is 0 Å². The van der Waals surface area contributed by atoms with Crippen molar-refractivity contribution < 1.29 is 4.79 Å². The fourth-order valence-electron chi connectivity index (χ4n) is 2.41. The van der Waals surface area contributed by atoms with Gasteiger partial charge in [-0.3, -0.25) is 4.79 Å². The third kappa shape index (κ3) is 3.41. The summed E-state index contributed by atoms with van der Waals surface area (Å²) in [6, 6.07) is 20.6. The second-order valence-corrected chi connectivity index (χ2v) is 4.75. The summed E-state index contributed by atoms with van der Waals surface area (Å²) in [5, 5.41) is 0. The van der Waals surface area contributed by atoms with Gasteiger partial charge in [0.1, 0.15) is 0 Å². The van der Waals surface area contributed by atoms with Crippen molar-refractivity contribution in [1.29, 1.82) is 0 Å². The predicted molar refractivity (Wildman–Crippen MR) is 79.2 cm³/mol. The maximum atomic E-state index is 11.3. The summed E-state index contributed by atoms with van der Waals surface area (Å²) in [6.45, 7) is 3.61. The van der Waals surface area contributed by atoms with Gasteiger partial charge in [0.05, 0.1) is 0 Å². The molecule has 96 valence electrons. The van der Waals surface area contributed by atoms with Gasteiger partial charge in [-0.2, -0.15) is 0 Å². The van der Waals surface area contributed by atoms with Crippen LogP contribution in [0.5, 0.6) is 0 Å². The molecular formula is C18H18O. The standard InChI is InChI=1S/C18H18O/c1-14(13-15(2)19)18(16-9-5-3-6-10-16)17-11-7-4-8-12-17/h3-13,18H,1-2H3/b14-13-. The van der Waals surface area contributed by atoms with E-state index in [0.717, 1.165) is 5.57 Å². The number of carbonyl (C=O) groups is 1. The number of hydrogen-bond acceptors (Lipinski definition) is 1. The molecule has 2 rings (SSSR count). The first-order chi connectivity index (χ1) is 9.18. The van der Waals surface area contributed by atoms with Crippen molar-refractivity contribution in [2.75, 3.05) is 0 Å². The van der Waals surface area contributed by atoms with Crippen LogP contribution in [-0.4, -0.2) is 5.78 Å². The van der Waals surface area contributed by atoms with Gasteiger partial charge in [-0.05, 0) is 31.1 Å². The van der Waals surface area contributed by atoms with Crippen LogP contribution in [0.2, 0.25) is 0 Å². The lowest BCUT2D eigenvalue weighted by Gasteiger charge is -2.19. The first-order valence-electron chi connectivity index (χ1n) is 6.47. The zero-order valence-electron chi connectivity index (χ0n) is 11.3. The highest BCUT2D eigenvalue weighted by molar-refractivity contribution is 5.88. The van der Waals surface area contributed by atoms with Crippen LogP contribution in [0.25, 0.3) is 0 Å². The van der Waals surface area contributed by atoms with E-state index in [1.54, 1.807) is 13.0 Å². The average Bonchev–Trinajstić information content (AvgIpc) is 2.40. The molecule has 2 aromatic carbocycles. The van der Waals surface area contributed by atoms with Crippen LogP contribution in [0.4, 0.5) is 0 Å². The van der Waals surface area contributed by atoms with Gasteiger partial charge in [0.25, 0.3) is 0 Å². The summed E-state index contributed by atoms with van der Waals surface area (Å²) >= 11 is 0. The summed E-state index contributed by atoms with van der Waals surface area (Å²) in [6.07, 6.45) is 1.73. The van der Waals surface area contributed by atoms with Gasteiger partial charge in [0.15, 0.2) is 5.78 Å². The van der Waals surface area contributed by atoms with Crippen LogP contribution in [0, 0.1) is 0 Å². The summed E-state index contributed by atoms with van der Waals surface area (Å²) < 4.78 is 0. The quantitative estimate of drug-likeness (QED) is 0.737. The molecule has 0 saturated heterocycles. The molecular weight excluding hydrogens is 232 g/mol. The van der Waals surface area contributed by atoms with E-state index in [1.807, 2.05) is 43.3 Å². The number of ketones is 1. The minimum atomic E-state index is 0.0920. The lowest BCUT2D eigenvalue weighted by molar-refractivity contribution is -0.112. The fraction of sp³-hybridized carbons (Fsp3) is 0.167. The molecule has 0 unspecified atom stereocenters. The normalized spacial score (nSPS) is 11.6. The van der Waals surface area contributed by atoms with E-state index in [-0.39, 0.29) is 11.7 Å². The highest BCUT2D eigenvalue weighted by atomic mass is 16.1. The molecule has 0 N–H and O–H groups in total. The molecule has 0 spiro atoms. The maximum Gasteiger partial charge on any atom is 0.152 e. The zero-order chi connectivity index (χ0) is 13.7. The molecule has 0 bridgehead atoms. The van der Waals surface area contributed by atoms with Gasteiger partial charge < -0.3 is 0 Å². The molecule has 2 aromatic rings. The van der Waals surface area contributed by atoms with E-state index in [4.69, 9.17) is 0 Å². The van der Waals surface area contributed by atoms with Crippen molar-refractivity contribution in [3.8, 4) is 0 Å². The maximum absolute atomic E-state index is 11.3. The molecule has 0 radical (unpaired) electrons. The Kier molecular flexibility index (Phi) is 4.30. The largest absolute Gasteiger partial charge is 0.295 e. The topological polar surface area (TPSA) is 17.1 Å². The van der Waals surface area contributed by atoms with Crippen molar-refractivity contribution in [1.82, 2.24) is 0 Å². The molecule has 0 aliphatic heterocycles. The van der Waals surface area contributed by atoms with Gasteiger partial charge in [0, 0.05) is 5.92 Å². The SMILES string of the molecule is CC(=O)/C=C(/C)C(c1ccccc1)c1ccccc1. The minimum absolute atomic E-state index is 0.0920. The summed E-state index contributed by atoms with van der Waals surface area (Å²) in [7, 11) is 0. The molecule has 1 nitrogen and oxygen atoms in total. The van der Waals surface area contributed by atoms with Crippen molar-refractivity contribution in [3.63, 3.8) is 0 Å². The Labute approximate surface area is 114 Å². The molecule has 0 aliphatic carbocycles. The first-order valence-corrected chi connectivity index (χ1v) is 6.47. The van der Waals surface area contributed by atoms with Crippen molar-refractivity contribution in [2.24, 2.45) is 0 Å². The third-order valence-electron chi connectivity index (χ3n) is 3.15. The monoisotopic (exact) mass is 250 g/mol. The summed E-state index contributed by atoms with van der Waals surface area (Å²) in [5.41, 5.74) is 3.50. The lowest BCUT2D eigenvalue weighted by Crippen LogP contribution is -2.04. The van der Waals surface area contributed by atoms with Crippen LogP contribution in [0.1, 0.15) is 30.9 Å². The third-order valence-corrected chi connectivity index (χ3v) is 3.15. The number of benzene rings is 2. The molecule has 0 aliphatic rings. The predicted octanol–water partition coefficient (Wildman–Crippen LogP) is 4.35. The number of carbonyl (C=O) groups excluding carboxylic acids is 1. The molecule has 0 aromatic heterocycles. The number of allylic oxidation sites excluding steroid dienone is 2. The molecule has 0 amide bonds. The smallest absolute Gasteiger partial charge is 0.152 e. The van der Waals surface area contributed by atoms with Crippen molar-refractivity contribution in [3.05, 3.63) is 83.4 Å². The van der Waals surface area contributed by atoms with E-state index in [1.165, 1.54) is 11.1 Å². The van der Waals surface area contributed by atoms with Gasteiger partial charge in [0.2, 0.25) is 0 Å². The molecule has 0 saturated carbocycles. The second-order valence-electron chi connectivity index (χ2n) is 4.75. The average molecular weight is 250 g/mol. The lowest BCUT2D eigenvalue weighted by atomic mass is 9.85.